The predicted octanol–water partition coefficient (Wildman–Crippen LogP) is 4.84. The second kappa shape index (κ2) is 7.82. The van der Waals surface area contributed by atoms with Gasteiger partial charge in [-0.05, 0) is 37.3 Å². The van der Waals surface area contributed by atoms with Crippen molar-refractivity contribution in [2.45, 2.75) is 6.92 Å². The van der Waals surface area contributed by atoms with Crippen LogP contribution < -0.4 is 10.1 Å². The molecule has 0 aliphatic rings. The number of rotatable bonds is 5. The molecule has 3 rings (SSSR count). The van der Waals surface area contributed by atoms with Crippen molar-refractivity contribution in [1.82, 2.24) is 9.97 Å². The lowest BCUT2D eigenvalue weighted by Gasteiger charge is -2.07. The quantitative estimate of drug-likeness (QED) is 0.673. The zero-order valence-electron chi connectivity index (χ0n) is 13.1. The lowest BCUT2D eigenvalue weighted by Crippen LogP contribution is -2.20. The minimum Gasteiger partial charge on any atom is -0.482 e. The van der Waals surface area contributed by atoms with Gasteiger partial charge in [-0.25, -0.2) is 4.98 Å². The second-order valence-electron chi connectivity index (χ2n) is 5.06. The van der Waals surface area contributed by atoms with Crippen LogP contribution in [-0.2, 0) is 4.79 Å². The molecule has 1 amide bonds. The number of amides is 1. The van der Waals surface area contributed by atoms with Crippen LogP contribution in [0, 0.1) is 6.92 Å². The normalized spacial score (nSPS) is 10.5. The highest BCUT2D eigenvalue weighted by molar-refractivity contribution is 7.19. The molecule has 0 unspecified atom stereocenters. The lowest BCUT2D eigenvalue weighted by atomic mass is 10.3. The number of ether oxygens (including phenoxy) is 1. The number of pyridine rings is 1. The van der Waals surface area contributed by atoms with Crippen molar-refractivity contribution in [2.75, 3.05) is 11.9 Å². The Kier molecular flexibility index (Phi) is 5.53. The lowest BCUT2D eigenvalue weighted by molar-refractivity contribution is -0.118. The molecule has 5 nitrogen and oxygen atoms in total. The largest absolute Gasteiger partial charge is 0.482 e. The zero-order chi connectivity index (χ0) is 17.8. The van der Waals surface area contributed by atoms with Crippen LogP contribution in [0.4, 0.5) is 5.13 Å². The van der Waals surface area contributed by atoms with Crippen LogP contribution in [0.25, 0.3) is 10.6 Å². The van der Waals surface area contributed by atoms with Crippen molar-refractivity contribution in [1.29, 1.82) is 0 Å². The molecule has 0 radical (unpaired) electrons. The number of aromatic nitrogens is 2. The SMILES string of the molecule is Cc1nc(NC(=O)COc2ccc(Cl)cc2Cl)sc1-c1ccccn1. The van der Waals surface area contributed by atoms with Gasteiger partial charge in [0, 0.05) is 11.2 Å². The smallest absolute Gasteiger partial charge is 0.264 e. The summed E-state index contributed by atoms with van der Waals surface area (Å²) in [7, 11) is 0. The fourth-order valence-corrected chi connectivity index (χ4v) is 3.50. The van der Waals surface area contributed by atoms with E-state index in [9.17, 15) is 4.79 Å². The van der Waals surface area contributed by atoms with Crippen molar-refractivity contribution in [3.05, 3.63) is 58.3 Å². The van der Waals surface area contributed by atoms with E-state index in [1.54, 1.807) is 24.4 Å². The fourth-order valence-electron chi connectivity index (χ4n) is 2.08. The van der Waals surface area contributed by atoms with Crippen LogP contribution >= 0.6 is 34.5 Å². The first-order valence-electron chi connectivity index (χ1n) is 7.29. The number of benzene rings is 1. The number of aryl methyl sites for hydroxylation is 1. The van der Waals surface area contributed by atoms with E-state index in [-0.39, 0.29) is 12.5 Å². The van der Waals surface area contributed by atoms with Gasteiger partial charge < -0.3 is 4.74 Å². The molecule has 3 aromatic rings. The van der Waals surface area contributed by atoms with Gasteiger partial charge in [-0.2, -0.15) is 0 Å². The molecule has 0 saturated heterocycles. The summed E-state index contributed by atoms with van der Waals surface area (Å²) in [5.74, 6) is 0.0676. The van der Waals surface area contributed by atoms with Gasteiger partial charge in [0.05, 0.1) is 21.3 Å². The van der Waals surface area contributed by atoms with Crippen molar-refractivity contribution in [3.63, 3.8) is 0 Å². The first-order chi connectivity index (χ1) is 12.0. The average Bonchev–Trinajstić information content (AvgIpc) is 2.95. The molecule has 0 aliphatic carbocycles. The predicted molar refractivity (Wildman–Crippen MR) is 101 cm³/mol. The average molecular weight is 394 g/mol. The Morgan fingerprint density at radius 3 is 2.84 bits per heavy atom. The van der Waals surface area contributed by atoms with Crippen LogP contribution in [0.15, 0.2) is 42.6 Å². The minimum absolute atomic E-state index is 0.182. The number of carbonyl (C=O) groups excluding carboxylic acids is 1. The van der Waals surface area contributed by atoms with E-state index in [1.807, 2.05) is 25.1 Å². The molecule has 1 N–H and O–H groups in total. The van der Waals surface area contributed by atoms with Crippen molar-refractivity contribution >= 4 is 45.6 Å². The molecular weight excluding hydrogens is 381 g/mol. The number of carbonyl (C=O) groups is 1. The Morgan fingerprint density at radius 2 is 2.12 bits per heavy atom. The highest BCUT2D eigenvalue weighted by Gasteiger charge is 2.13. The zero-order valence-corrected chi connectivity index (χ0v) is 15.5. The van der Waals surface area contributed by atoms with Crippen LogP contribution in [0.1, 0.15) is 5.69 Å². The summed E-state index contributed by atoms with van der Waals surface area (Å²) in [4.78, 5) is 21.6. The molecule has 2 aromatic heterocycles. The van der Waals surface area contributed by atoms with Crippen LogP contribution in [0.5, 0.6) is 5.75 Å². The van der Waals surface area contributed by atoms with Gasteiger partial charge in [0.1, 0.15) is 5.75 Å². The first kappa shape index (κ1) is 17.7. The van der Waals surface area contributed by atoms with E-state index in [0.717, 1.165) is 16.3 Å². The highest BCUT2D eigenvalue weighted by atomic mass is 35.5. The Bertz CT molecular complexity index is 900. The van der Waals surface area contributed by atoms with Gasteiger partial charge in [-0.15, -0.1) is 0 Å². The van der Waals surface area contributed by atoms with E-state index in [2.05, 4.69) is 15.3 Å². The van der Waals surface area contributed by atoms with E-state index in [1.165, 1.54) is 11.3 Å². The summed E-state index contributed by atoms with van der Waals surface area (Å²) in [5.41, 5.74) is 1.63. The summed E-state index contributed by atoms with van der Waals surface area (Å²) in [6, 6.07) is 10.5. The van der Waals surface area contributed by atoms with Gasteiger partial charge in [-0.3, -0.25) is 15.1 Å². The Morgan fingerprint density at radius 1 is 1.28 bits per heavy atom. The van der Waals surface area contributed by atoms with Gasteiger partial charge in [-0.1, -0.05) is 40.6 Å². The van der Waals surface area contributed by atoms with Crippen LogP contribution in [-0.4, -0.2) is 22.5 Å². The van der Waals surface area contributed by atoms with Gasteiger partial charge >= 0.3 is 0 Å². The molecule has 0 spiro atoms. The maximum atomic E-state index is 12.1. The summed E-state index contributed by atoms with van der Waals surface area (Å²) in [6.45, 7) is 1.69. The summed E-state index contributed by atoms with van der Waals surface area (Å²) in [5, 5.41) is 4.07. The Labute approximate surface area is 158 Å². The topological polar surface area (TPSA) is 64.1 Å². The highest BCUT2D eigenvalue weighted by Crippen LogP contribution is 2.31. The molecular formula is C17H13Cl2N3O2S. The van der Waals surface area contributed by atoms with E-state index in [4.69, 9.17) is 27.9 Å². The van der Waals surface area contributed by atoms with Crippen LogP contribution in [0.2, 0.25) is 10.0 Å². The third kappa shape index (κ3) is 4.48. The summed E-state index contributed by atoms with van der Waals surface area (Å²) < 4.78 is 5.41. The fraction of sp³-hybridized carbons (Fsp3) is 0.118. The maximum absolute atomic E-state index is 12.1. The third-order valence-corrected chi connectivity index (χ3v) is 4.82. The number of halogens is 2. The molecule has 2 heterocycles. The number of thiazole rings is 1. The molecule has 0 saturated carbocycles. The van der Waals surface area contributed by atoms with Gasteiger partial charge in [0.15, 0.2) is 11.7 Å². The second-order valence-corrected chi connectivity index (χ2v) is 6.90. The molecule has 0 atom stereocenters. The van der Waals surface area contributed by atoms with E-state index >= 15 is 0 Å². The number of anilines is 1. The summed E-state index contributed by atoms with van der Waals surface area (Å²) >= 11 is 13.2. The van der Waals surface area contributed by atoms with Gasteiger partial charge in [0.25, 0.3) is 5.91 Å². The van der Waals surface area contributed by atoms with E-state index in [0.29, 0.717) is 20.9 Å². The minimum atomic E-state index is -0.327. The molecule has 8 heteroatoms. The van der Waals surface area contributed by atoms with E-state index < -0.39 is 0 Å². The number of nitrogens with zero attached hydrogens (tertiary/aromatic N) is 2. The standard InChI is InChI=1S/C17H13Cl2N3O2S/c1-10-16(13-4-2-3-7-20-13)25-17(21-10)22-15(23)9-24-14-6-5-11(18)8-12(14)19/h2-8H,9H2,1H3,(H,21,22,23). The molecule has 0 bridgehead atoms. The number of hydrogen-bond donors (Lipinski definition) is 1. The van der Waals surface area contributed by atoms with Gasteiger partial charge in [0.2, 0.25) is 0 Å². The van der Waals surface area contributed by atoms with Crippen molar-refractivity contribution < 1.29 is 9.53 Å². The van der Waals surface area contributed by atoms with Crippen LogP contribution in [0.3, 0.4) is 0 Å². The van der Waals surface area contributed by atoms with Crippen molar-refractivity contribution in [2.24, 2.45) is 0 Å². The maximum Gasteiger partial charge on any atom is 0.264 e. The molecule has 128 valence electrons. The molecule has 25 heavy (non-hydrogen) atoms. The third-order valence-electron chi connectivity index (χ3n) is 3.19. The molecule has 1 aromatic carbocycles. The Hall–Kier alpha value is -2.15. The van der Waals surface area contributed by atoms with Crippen molar-refractivity contribution in [3.8, 4) is 16.3 Å². The number of nitrogens with one attached hydrogen (secondary N) is 1. The molecule has 0 fully saturated rings. The first-order valence-corrected chi connectivity index (χ1v) is 8.86. The Balaban J connectivity index is 1.63. The monoisotopic (exact) mass is 393 g/mol. The summed E-state index contributed by atoms with van der Waals surface area (Å²) in [6.07, 6.45) is 1.72. The number of hydrogen-bond acceptors (Lipinski definition) is 5. The molecule has 0 aliphatic heterocycles.